The molecule has 260 valence electrons. The number of urea groups is 1. The van der Waals surface area contributed by atoms with Crippen molar-refractivity contribution in [2.45, 2.75) is 73.2 Å². The molecule has 2 saturated carbocycles. The summed E-state index contributed by atoms with van der Waals surface area (Å²) < 4.78 is 57.5. The van der Waals surface area contributed by atoms with Crippen LogP contribution in [0.25, 0.3) is 0 Å². The quantitative estimate of drug-likeness (QED) is 0.0587. The van der Waals surface area contributed by atoms with Crippen LogP contribution in [-0.2, 0) is 36.7 Å². The van der Waals surface area contributed by atoms with E-state index in [9.17, 15) is 64.0 Å². The molecule has 2 aliphatic rings. The zero-order valence-corrected chi connectivity index (χ0v) is 24.8. The molecule has 0 bridgehead atoms. The van der Waals surface area contributed by atoms with Gasteiger partial charge in [-0.1, -0.05) is 0 Å². The lowest BCUT2D eigenvalue weighted by Crippen LogP contribution is -2.65. The maximum Gasteiger partial charge on any atom is 0.470 e. The van der Waals surface area contributed by atoms with E-state index in [0.717, 1.165) is 0 Å². The zero-order chi connectivity index (χ0) is 33.8. The third-order valence-electron chi connectivity index (χ3n) is 6.24. The van der Waals surface area contributed by atoms with Crippen molar-refractivity contribution in [3.8, 4) is 0 Å². The Morgan fingerprint density at radius 2 is 0.773 bits per heavy atom. The summed E-state index contributed by atoms with van der Waals surface area (Å²) in [5, 5.41) is 74.4. The Balaban J connectivity index is 1.97. The van der Waals surface area contributed by atoms with Gasteiger partial charge in [0.2, 0.25) is 0 Å². The van der Waals surface area contributed by atoms with Gasteiger partial charge in [0.15, 0.2) is 0 Å². The number of hydrogen-bond donors (Lipinski definition) is 15. The summed E-state index contributed by atoms with van der Waals surface area (Å²) in [5.41, 5.74) is 0. The molecular formula is C17H35N2O22P3. The second-order valence-corrected chi connectivity index (χ2v) is 13.0. The minimum absolute atomic E-state index is 0.272. The van der Waals surface area contributed by atoms with Crippen LogP contribution < -0.4 is 10.6 Å². The van der Waals surface area contributed by atoms with Crippen molar-refractivity contribution in [1.82, 2.24) is 10.6 Å². The van der Waals surface area contributed by atoms with Gasteiger partial charge in [-0.15, -0.1) is 0 Å². The number of hydrogen-bond acceptors (Lipinski definition) is 16. The van der Waals surface area contributed by atoms with Crippen LogP contribution in [0.3, 0.4) is 0 Å². The lowest BCUT2D eigenvalue weighted by Gasteiger charge is -2.46. The average molecular weight is 712 g/mol. The summed E-state index contributed by atoms with van der Waals surface area (Å²) in [6.45, 7) is -1.74. The fourth-order valence-corrected chi connectivity index (χ4v) is 6.05. The van der Waals surface area contributed by atoms with Crippen LogP contribution in [-0.4, -0.2) is 171 Å². The molecule has 0 aromatic rings. The fraction of sp³-hybridized carbons (Fsp3) is 0.941. The first-order valence-electron chi connectivity index (χ1n) is 12.3. The Bertz CT molecular complexity index is 1070. The minimum atomic E-state index is -5.58. The van der Waals surface area contributed by atoms with E-state index < -0.39 is 116 Å². The van der Waals surface area contributed by atoms with Crippen LogP contribution in [0.2, 0.25) is 0 Å². The smallest absolute Gasteiger partial charge is 0.387 e. The highest BCUT2D eigenvalue weighted by Crippen LogP contribution is 2.49. The molecule has 0 saturated heterocycles. The number of carbonyl (C=O) groups excluding carboxylic acids is 1. The topological polar surface area (TPSA) is 401 Å². The van der Waals surface area contributed by atoms with Gasteiger partial charge in [-0.2, -0.15) is 0 Å². The molecule has 2 fully saturated rings. The maximum absolute atomic E-state index is 12.0. The van der Waals surface area contributed by atoms with Gasteiger partial charge in [0.05, 0.1) is 13.2 Å². The van der Waals surface area contributed by atoms with Crippen molar-refractivity contribution in [3.05, 3.63) is 0 Å². The van der Waals surface area contributed by atoms with E-state index in [4.69, 9.17) is 29.0 Å². The Hall–Kier alpha value is -0.760. The SMILES string of the molecule is O=C(NCCOC1[C@@H](O)[C@H](O)C(O)[C@H](O)[C@H]1O)NCCO[C@@H]1[C@H](O)[C@@H](OP(=O)(O)O)[C@H](OP(=O)(O)O)[C@@H](O)[C@@H]1OP(=O)(O)O. The van der Waals surface area contributed by atoms with Gasteiger partial charge in [0.25, 0.3) is 0 Å². The molecule has 0 heterocycles. The number of rotatable bonds is 14. The van der Waals surface area contributed by atoms with E-state index in [1.807, 2.05) is 0 Å². The van der Waals surface area contributed by atoms with Gasteiger partial charge in [-0.25, -0.2) is 18.5 Å². The van der Waals surface area contributed by atoms with Gasteiger partial charge in [0.1, 0.15) is 73.2 Å². The molecule has 0 aromatic carbocycles. The molecule has 15 N–H and O–H groups in total. The first-order valence-corrected chi connectivity index (χ1v) is 16.9. The number of aliphatic hydroxyl groups is 7. The van der Waals surface area contributed by atoms with Crippen molar-refractivity contribution in [1.29, 1.82) is 0 Å². The predicted molar refractivity (Wildman–Crippen MR) is 134 cm³/mol. The molecule has 2 unspecified atom stereocenters. The summed E-state index contributed by atoms with van der Waals surface area (Å²) in [6.07, 6.45) is -24.9. The van der Waals surface area contributed by atoms with Gasteiger partial charge in [-0.05, 0) is 0 Å². The molecule has 2 rings (SSSR count). The first kappa shape index (κ1) is 39.4. The number of ether oxygens (including phenoxy) is 2. The normalized spacial score (nSPS) is 37.0. The van der Waals surface area contributed by atoms with Gasteiger partial charge >= 0.3 is 29.5 Å². The summed E-state index contributed by atoms with van der Waals surface area (Å²) in [7, 11) is -16.7. The lowest BCUT2D eigenvalue weighted by atomic mass is 9.85. The number of carbonyl (C=O) groups is 1. The van der Waals surface area contributed by atoms with Gasteiger partial charge < -0.3 is 85.2 Å². The van der Waals surface area contributed by atoms with Crippen molar-refractivity contribution >= 4 is 29.5 Å². The number of nitrogens with one attached hydrogen (secondary N) is 2. The number of amides is 2. The molecule has 27 heteroatoms. The average Bonchev–Trinajstić information content (AvgIpc) is 2.88. The molecular weight excluding hydrogens is 677 g/mol. The summed E-state index contributed by atoms with van der Waals surface area (Å²) >= 11 is 0. The second-order valence-electron chi connectivity index (χ2n) is 9.47. The number of phosphoric acid groups is 3. The van der Waals surface area contributed by atoms with Crippen LogP contribution in [0.4, 0.5) is 4.79 Å². The van der Waals surface area contributed by atoms with E-state index in [0.29, 0.717) is 0 Å². The van der Waals surface area contributed by atoms with Crippen LogP contribution in [0.15, 0.2) is 0 Å². The molecule has 0 aliphatic heterocycles. The van der Waals surface area contributed by atoms with E-state index in [-0.39, 0.29) is 13.2 Å². The third kappa shape index (κ3) is 11.5. The predicted octanol–water partition coefficient (Wildman–Crippen LogP) is -6.96. The van der Waals surface area contributed by atoms with E-state index in [2.05, 4.69) is 24.2 Å². The van der Waals surface area contributed by atoms with Crippen LogP contribution in [0.1, 0.15) is 0 Å². The molecule has 44 heavy (non-hydrogen) atoms. The van der Waals surface area contributed by atoms with Crippen LogP contribution in [0, 0.1) is 0 Å². The van der Waals surface area contributed by atoms with Crippen molar-refractivity contribution in [2.75, 3.05) is 26.3 Å². The van der Waals surface area contributed by atoms with Crippen molar-refractivity contribution in [3.63, 3.8) is 0 Å². The number of aliphatic hydroxyl groups excluding tert-OH is 7. The molecule has 0 aromatic heterocycles. The molecule has 2 amide bonds. The molecule has 0 radical (unpaired) electrons. The highest BCUT2D eigenvalue weighted by atomic mass is 31.2. The first-order chi connectivity index (χ1) is 20.0. The minimum Gasteiger partial charge on any atom is -0.387 e. The Kier molecular flexibility index (Phi) is 14.2. The molecule has 2 aliphatic carbocycles. The molecule has 24 nitrogen and oxygen atoms in total. The Labute approximate surface area is 246 Å². The third-order valence-corrected chi connectivity index (χ3v) is 7.79. The largest absolute Gasteiger partial charge is 0.470 e. The molecule has 12 atom stereocenters. The Morgan fingerprint density at radius 1 is 0.477 bits per heavy atom. The summed E-state index contributed by atoms with van der Waals surface area (Å²) in [6, 6.07) is -0.900. The maximum atomic E-state index is 12.0. The van der Waals surface area contributed by atoms with Gasteiger partial charge in [-0.3, -0.25) is 13.6 Å². The number of phosphoric ester groups is 3. The highest BCUT2D eigenvalue weighted by molar-refractivity contribution is 7.46. The van der Waals surface area contributed by atoms with Crippen molar-refractivity contribution in [2.24, 2.45) is 0 Å². The van der Waals surface area contributed by atoms with E-state index >= 15 is 0 Å². The highest BCUT2D eigenvalue weighted by Gasteiger charge is 2.57. The lowest BCUT2D eigenvalue weighted by molar-refractivity contribution is -0.234. The van der Waals surface area contributed by atoms with Crippen LogP contribution >= 0.6 is 23.5 Å². The standard InChI is InChI=1S/C17H35N2O22P3/c20-5-6(21)8(23)12(9(24)7(5)22)37-3-1-18-17(27)19-2-4-38-13-10(25)15(40-43(31,32)33)16(41-44(34,35)36)11(26)14(13)39-42(28,29)30/h5-16,20-26H,1-4H2,(H2,18,19,27)(H2,28,29,30)(H2,31,32,33)(H2,34,35,36)/t5?,6-,7+,8+,9-,10-,11-,12?,13+,14-,15+,16+/m0/s1. The second kappa shape index (κ2) is 15.9. The zero-order valence-electron chi connectivity index (χ0n) is 22.1. The fourth-order valence-electron chi connectivity index (χ4n) is 4.36. The summed E-state index contributed by atoms with van der Waals surface area (Å²) in [4.78, 5) is 67.0. The van der Waals surface area contributed by atoms with E-state index in [1.54, 1.807) is 0 Å². The monoisotopic (exact) mass is 712 g/mol. The van der Waals surface area contributed by atoms with Gasteiger partial charge in [0, 0.05) is 13.1 Å². The Morgan fingerprint density at radius 3 is 1.14 bits per heavy atom. The van der Waals surface area contributed by atoms with Crippen LogP contribution in [0.5, 0.6) is 0 Å². The van der Waals surface area contributed by atoms with Crippen molar-refractivity contribution < 1.29 is 107 Å². The molecule has 0 spiro atoms. The summed E-state index contributed by atoms with van der Waals surface area (Å²) in [5.74, 6) is 0. The van der Waals surface area contributed by atoms with E-state index in [1.165, 1.54) is 0 Å².